The average Bonchev–Trinajstić information content (AvgIpc) is 2.36. The topological polar surface area (TPSA) is 20.2 Å². The Hall–Kier alpha value is -1.34. The normalized spacial score (nSPS) is 14.8. The van der Waals surface area contributed by atoms with Crippen molar-refractivity contribution in [2.75, 3.05) is 0 Å². The minimum atomic E-state index is -0.545. The van der Waals surface area contributed by atoms with E-state index in [2.05, 4.69) is 42.5 Å². The lowest BCUT2D eigenvalue weighted by Gasteiger charge is -2.21. The van der Waals surface area contributed by atoms with Crippen LogP contribution in [0.2, 0.25) is 0 Å². The highest BCUT2D eigenvalue weighted by molar-refractivity contribution is 5.85. The van der Waals surface area contributed by atoms with E-state index in [-0.39, 0.29) is 0 Å². The second-order valence-corrected chi connectivity index (χ2v) is 4.99. The van der Waals surface area contributed by atoms with Crippen molar-refractivity contribution in [3.05, 3.63) is 48.0 Å². The number of hydrogen-bond acceptors (Lipinski definition) is 1. The van der Waals surface area contributed by atoms with Crippen LogP contribution in [0.15, 0.2) is 42.5 Å². The summed E-state index contributed by atoms with van der Waals surface area (Å²) in [4.78, 5) is 0. The number of hydrogen-bond donors (Lipinski definition) is 1. The molecule has 0 bridgehead atoms. The molecule has 90 valence electrons. The van der Waals surface area contributed by atoms with Crippen LogP contribution in [0.1, 0.15) is 32.3 Å². The van der Waals surface area contributed by atoms with Gasteiger partial charge in [0.2, 0.25) is 0 Å². The Balaban J connectivity index is 2.24. The largest absolute Gasteiger partial charge is 0.390 e. The van der Waals surface area contributed by atoms with Crippen LogP contribution >= 0.6 is 0 Å². The molecule has 17 heavy (non-hydrogen) atoms. The molecule has 1 atom stereocenters. The highest BCUT2D eigenvalue weighted by Gasteiger charge is 2.17. The maximum absolute atomic E-state index is 10.1. The third kappa shape index (κ3) is 2.86. The summed E-state index contributed by atoms with van der Waals surface area (Å²) in [6, 6.07) is 14.8. The fourth-order valence-corrected chi connectivity index (χ4v) is 2.09. The molecular weight excluding hydrogens is 208 g/mol. The first kappa shape index (κ1) is 12.1. The van der Waals surface area contributed by atoms with E-state index in [4.69, 9.17) is 0 Å². The van der Waals surface area contributed by atoms with Crippen molar-refractivity contribution >= 4 is 10.8 Å². The van der Waals surface area contributed by atoms with Gasteiger partial charge in [-0.1, -0.05) is 49.4 Å². The molecule has 0 aliphatic rings. The average molecular weight is 228 g/mol. The SMILES string of the molecule is CCC(C)(O)CCc1cccc2ccccc12. The monoisotopic (exact) mass is 228 g/mol. The van der Waals surface area contributed by atoms with Crippen LogP contribution in [0.25, 0.3) is 10.8 Å². The van der Waals surface area contributed by atoms with E-state index in [9.17, 15) is 5.11 Å². The fraction of sp³-hybridized carbons (Fsp3) is 0.375. The van der Waals surface area contributed by atoms with Crippen molar-refractivity contribution in [1.29, 1.82) is 0 Å². The summed E-state index contributed by atoms with van der Waals surface area (Å²) in [5, 5.41) is 12.6. The lowest BCUT2D eigenvalue weighted by atomic mass is 9.92. The molecule has 0 aliphatic heterocycles. The standard InChI is InChI=1S/C16H20O/c1-3-16(2,17)12-11-14-9-6-8-13-7-4-5-10-15(13)14/h4-10,17H,3,11-12H2,1-2H3. The first-order valence-corrected chi connectivity index (χ1v) is 6.31. The third-order valence-corrected chi connectivity index (χ3v) is 3.57. The summed E-state index contributed by atoms with van der Waals surface area (Å²) < 4.78 is 0. The van der Waals surface area contributed by atoms with E-state index in [0.29, 0.717) is 0 Å². The molecule has 0 aliphatic carbocycles. The minimum absolute atomic E-state index is 0.545. The number of aryl methyl sites for hydroxylation is 1. The van der Waals surface area contributed by atoms with Crippen LogP contribution in [0.3, 0.4) is 0 Å². The first-order chi connectivity index (χ1) is 8.12. The predicted octanol–water partition coefficient (Wildman–Crippen LogP) is 3.93. The van der Waals surface area contributed by atoms with Gasteiger partial charge in [0.15, 0.2) is 0 Å². The highest BCUT2D eigenvalue weighted by atomic mass is 16.3. The quantitative estimate of drug-likeness (QED) is 0.840. The molecule has 0 fully saturated rings. The van der Waals surface area contributed by atoms with Crippen LogP contribution < -0.4 is 0 Å². The molecule has 2 aromatic carbocycles. The van der Waals surface area contributed by atoms with Crippen LogP contribution in [-0.2, 0) is 6.42 Å². The molecule has 0 saturated heterocycles. The molecule has 1 heteroatoms. The summed E-state index contributed by atoms with van der Waals surface area (Å²) in [6.45, 7) is 3.95. The predicted molar refractivity (Wildman–Crippen MR) is 73.2 cm³/mol. The van der Waals surface area contributed by atoms with Crippen LogP contribution in [0.4, 0.5) is 0 Å². The molecule has 1 N–H and O–H groups in total. The summed E-state index contributed by atoms with van der Waals surface area (Å²) >= 11 is 0. The van der Waals surface area contributed by atoms with Crippen molar-refractivity contribution in [1.82, 2.24) is 0 Å². The van der Waals surface area contributed by atoms with Gasteiger partial charge in [0.25, 0.3) is 0 Å². The van der Waals surface area contributed by atoms with E-state index >= 15 is 0 Å². The van der Waals surface area contributed by atoms with Crippen LogP contribution in [0.5, 0.6) is 0 Å². The molecular formula is C16H20O. The Labute approximate surface area is 103 Å². The molecule has 1 unspecified atom stereocenters. The molecule has 0 radical (unpaired) electrons. The van der Waals surface area contributed by atoms with Gasteiger partial charge in [0.1, 0.15) is 0 Å². The Kier molecular flexibility index (Phi) is 3.49. The van der Waals surface area contributed by atoms with Gasteiger partial charge in [-0.25, -0.2) is 0 Å². The number of rotatable bonds is 4. The van der Waals surface area contributed by atoms with Crippen molar-refractivity contribution in [2.45, 2.75) is 38.7 Å². The first-order valence-electron chi connectivity index (χ1n) is 6.31. The van der Waals surface area contributed by atoms with Gasteiger partial charge in [0.05, 0.1) is 5.60 Å². The van der Waals surface area contributed by atoms with E-state index in [1.165, 1.54) is 16.3 Å². The summed E-state index contributed by atoms with van der Waals surface area (Å²) in [7, 11) is 0. The van der Waals surface area contributed by atoms with Gasteiger partial charge in [-0.15, -0.1) is 0 Å². The van der Waals surface area contributed by atoms with Crippen molar-refractivity contribution in [2.24, 2.45) is 0 Å². The molecule has 0 heterocycles. The second kappa shape index (κ2) is 4.89. The van der Waals surface area contributed by atoms with E-state index in [0.717, 1.165) is 19.3 Å². The van der Waals surface area contributed by atoms with Gasteiger partial charge in [0, 0.05) is 0 Å². The van der Waals surface area contributed by atoms with Gasteiger partial charge in [-0.05, 0) is 42.5 Å². The van der Waals surface area contributed by atoms with E-state index < -0.39 is 5.60 Å². The zero-order valence-corrected chi connectivity index (χ0v) is 10.6. The molecule has 0 aromatic heterocycles. The minimum Gasteiger partial charge on any atom is -0.390 e. The summed E-state index contributed by atoms with van der Waals surface area (Å²) in [5.74, 6) is 0. The van der Waals surface area contributed by atoms with E-state index in [1.807, 2.05) is 13.8 Å². The fourth-order valence-electron chi connectivity index (χ4n) is 2.09. The van der Waals surface area contributed by atoms with Gasteiger partial charge in [-0.2, -0.15) is 0 Å². The van der Waals surface area contributed by atoms with Crippen molar-refractivity contribution in [3.8, 4) is 0 Å². The maximum atomic E-state index is 10.1. The van der Waals surface area contributed by atoms with Gasteiger partial charge >= 0.3 is 0 Å². The zero-order valence-electron chi connectivity index (χ0n) is 10.6. The smallest absolute Gasteiger partial charge is 0.0620 e. The number of aliphatic hydroxyl groups is 1. The Morgan fingerprint density at radius 2 is 1.76 bits per heavy atom. The lowest BCUT2D eigenvalue weighted by molar-refractivity contribution is 0.0474. The molecule has 0 saturated carbocycles. The molecule has 0 amide bonds. The van der Waals surface area contributed by atoms with Gasteiger partial charge < -0.3 is 5.11 Å². The molecule has 2 rings (SSSR count). The van der Waals surface area contributed by atoms with E-state index in [1.54, 1.807) is 0 Å². The summed E-state index contributed by atoms with van der Waals surface area (Å²) in [6.07, 6.45) is 2.55. The van der Waals surface area contributed by atoms with Crippen molar-refractivity contribution in [3.63, 3.8) is 0 Å². The summed E-state index contributed by atoms with van der Waals surface area (Å²) in [5.41, 5.74) is 0.786. The van der Waals surface area contributed by atoms with Crippen LogP contribution in [-0.4, -0.2) is 10.7 Å². The highest BCUT2D eigenvalue weighted by Crippen LogP contribution is 2.23. The van der Waals surface area contributed by atoms with Crippen LogP contribution in [0, 0.1) is 0 Å². The Morgan fingerprint density at radius 3 is 2.53 bits per heavy atom. The molecule has 2 aromatic rings. The molecule has 1 nitrogen and oxygen atoms in total. The van der Waals surface area contributed by atoms with Gasteiger partial charge in [-0.3, -0.25) is 0 Å². The third-order valence-electron chi connectivity index (χ3n) is 3.57. The number of fused-ring (bicyclic) bond motifs is 1. The molecule has 0 spiro atoms. The number of benzene rings is 2. The Bertz CT molecular complexity index is 494. The maximum Gasteiger partial charge on any atom is 0.0620 e. The zero-order chi connectivity index (χ0) is 12.3. The Morgan fingerprint density at radius 1 is 1.06 bits per heavy atom. The van der Waals surface area contributed by atoms with Crippen molar-refractivity contribution < 1.29 is 5.11 Å². The lowest BCUT2D eigenvalue weighted by Crippen LogP contribution is -2.23. The second-order valence-electron chi connectivity index (χ2n) is 4.99.